The van der Waals surface area contributed by atoms with E-state index in [1.54, 1.807) is 11.8 Å². The van der Waals surface area contributed by atoms with Crippen LogP contribution in [0, 0.1) is 5.92 Å². The molecule has 0 aliphatic carbocycles. The topological polar surface area (TPSA) is 55.8 Å². The Morgan fingerprint density at radius 2 is 1.96 bits per heavy atom. The van der Waals surface area contributed by atoms with Crippen molar-refractivity contribution in [1.82, 2.24) is 4.90 Å². The van der Waals surface area contributed by atoms with Gasteiger partial charge in [-0.25, -0.2) is 0 Å². The number of likely N-dealkylation sites (tertiary alicyclic amines) is 1. The van der Waals surface area contributed by atoms with Gasteiger partial charge in [-0.1, -0.05) is 19.1 Å². The highest BCUT2D eigenvalue weighted by Gasteiger charge is 2.29. The van der Waals surface area contributed by atoms with Crippen molar-refractivity contribution in [3.8, 4) is 5.75 Å². The molecule has 5 heteroatoms. The van der Waals surface area contributed by atoms with E-state index < -0.39 is 0 Å². The summed E-state index contributed by atoms with van der Waals surface area (Å²) in [4.78, 5) is 25.8. The van der Waals surface area contributed by atoms with Crippen molar-refractivity contribution in [1.29, 1.82) is 0 Å². The zero-order chi connectivity index (χ0) is 16.7. The van der Waals surface area contributed by atoms with Crippen molar-refractivity contribution in [2.75, 3.05) is 26.3 Å². The van der Waals surface area contributed by atoms with Gasteiger partial charge in [-0.2, -0.15) is 0 Å². The number of ether oxygens (including phenoxy) is 2. The standard InChI is InChI=1S/C18H25NO4/c1-3-14-7-9-16(10-8-14)23-13-17(20)19-11-5-6-15(12-19)18(21)22-4-2/h7-10,15H,3-6,11-13H2,1-2H3. The lowest BCUT2D eigenvalue weighted by Crippen LogP contribution is -2.44. The fourth-order valence-corrected chi connectivity index (χ4v) is 2.71. The SMILES string of the molecule is CCOC(=O)C1CCCN(C(=O)COc2ccc(CC)cc2)C1. The van der Waals surface area contributed by atoms with Crippen molar-refractivity contribution in [2.24, 2.45) is 5.92 Å². The smallest absolute Gasteiger partial charge is 0.310 e. The molecule has 126 valence electrons. The summed E-state index contributed by atoms with van der Waals surface area (Å²) >= 11 is 0. The lowest BCUT2D eigenvalue weighted by molar-refractivity contribution is -0.151. The van der Waals surface area contributed by atoms with Gasteiger partial charge < -0.3 is 14.4 Å². The van der Waals surface area contributed by atoms with Gasteiger partial charge >= 0.3 is 5.97 Å². The highest BCUT2D eigenvalue weighted by Crippen LogP contribution is 2.19. The number of amides is 1. The first-order valence-corrected chi connectivity index (χ1v) is 8.30. The van der Waals surface area contributed by atoms with E-state index in [9.17, 15) is 9.59 Å². The number of aryl methyl sites for hydroxylation is 1. The molecule has 0 N–H and O–H groups in total. The van der Waals surface area contributed by atoms with Crippen LogP contribution in [0.2, 0.25) is 0 Å². The lowest BCUT2D eigenvalue weighted by Gasteiger charge is -2.31. The Hall–Kier alpha value is -2.04. The molecule has 1 aliphatic heterocycles. The van der Waals surface area contributed by atoms with E-state index in [4.69, 9.17) is 9.47 Å². The maximum atomic E-state index is 12.3. The molecule has 0 saturated carbocycles. The van der Waals surface area contributed by atoms with Crippen LogP contribution in [0.5, 0.6) is 5.75 Å². The van der Waals surface area contributed by atoms with Crippen molar-refractivity contribution < 1.29 is 19.1 Å². The summed E-state index contributed by atoms with van der Waals surface area (Å²) in [7, 11) is 0. The fourth-order valence-electron chi connectivity index (χ4n) is 2.71. The minimum atomic E-state index is -0.212. The molecule has 1 heterocycles. The van der Waals surface area contributed by atoms with Crippen molar-refractivity contribution in [3.05, 3.63) is 29.8 Å². The monoisotopic (exact) mass is 319 g/mol. The average molecular weight is 319 g/mol. The number of carbonyl (C=O) groups excluding carboxylic acids is 2. The number of esters is 1. The van der Waals surface area contributed by atoms with Gasteiger partial charge in [0.1, 0.15) is 5.75 Å². The summed E-state index contributed by atoms with van der Waals surface area (Å²) in [5.74, 6) is 0.186. The summed E-state index contributed by atoms with van der Waals surface area (Å²) in [5.41, 5.74) is 1.23. The van der Waals surface area contributed by atoms with Crippen LogP contribution in [-0.4, -0.2) is 43.1 Å². The van der Waals surface area contributed by atoms with E-state index in [2.05, 4.69) is 6.92 Å². The predicted molar refractivity (Wildman–Crippen MR) is 87.3 cm³/mol. The maximum absolute atomic E-state index is 12.3. The summed E-state index contributed by atoms with van der Waals surface area (Å²) in [6, 6.07) is 7.75. The van der Waals surface area contributed by atoms with Crippen LogP contribution in [0.25, 0.3) is 0 Å². The number of rotatable bonds is 6. The first-order chi connectivity index (χ1) is 11.1. The number of benzene rings is 1. The predicted octanol–water partition coefficient (Wildman–Crippen LogP) is 2.43. The lowest BCUT2D eigenvalue weighted by atomic mass is 9.98. The van der Waals surface area contributed by atoms with E-state index in [0.717, 1.165) is 19.3 Å². The van der Waals surface area contributed by atoms with Crippen LogP contribution in [0.4, 0.5) is 0 Å². The Morgan fingerprint density at radius 3 is 2.61 bits per heavy atom. The van der Waals surface area contributed by atoms with E-state index in [-0.39, 0.29) is 24.4 Å². The summed E-state index contributed by atoms with van der Waals surface area (Å²) < 4.78 is 10.6. The van der Waals surface area contributed by atoms with Gasteiger partial charge in [0.25, 0.3) is 5.91 Å². The molecule has 1 fully saturated rings. The second-order valence-electron chi connectivity index (χ2n) is 5.72. The minimum absolute atomic E-state index is 0.00101. The largest absolute Gasteiger partial charge is 0.484 e. The van der Waals surface area contributed by atoms with Crippen LogP contribution >= 0.6 is 0 Å². The van der Waals surface area contributed by atoms with Gasteiger partial charge in [-0.3, -0.25) is 9.59 Å². The summed E-state index contributed by atoms with van der Waals surface area (Å²) in [6.45, 7) is 5.36. The van der Waals surface area contributed by atoms with E-state index in [1.165, 1.54) is 5.56 Å². The molecular weight excluding hydrogens is 294 g/mol. The molecule has 2 rings (SSSR count). The third-order valence-electron chi connectivity index (χ3n) is 4.09. The van der Waals surface area contributed by atoms with E-state index in [0.29, 0.717) is 25.4 Å². The maximum Gasteiger partial charge on any atom is 0.310 e. The van der Waals surface area contributed by atoms with Gasteiger partial charge in [0.15, 0.2) is 6.61 Å². The van der Waals surface area contributed by atoms with Crippen molar-refractivity contribution in [3.63, 3.8) is 0 Å². The zero-order valence-corrected chi connectivity index (χ0v) is 13.9. The number of piperidine rings is 1. The molecule has 1 unspecified atom stereocenters. The first kappa shape index (κ1) is 17.3. The molecule has 1 aromatic rings. The van der Waals surface area contributed by atoms with Gasteiger partial charge in [0.05, 0.1) is 12.5 Å². The highest BCUT2D eigenvalue weighted by atomic mass is 16.5. The molecule has 0 bridgehead atoms. The second kappa shape index (κ2) is 8.56. The van der Waals surface area contributed by atoms with Gasteiger partial charge in [0, 0.05) is 13.1 Å². The van der Waals surface area contributed by atoms with Gasteiger partial charge in [0.2, 0.25) is 0 Å². The first-order valence-electron chi connectivity index (χ1n) is 8.30. The van der Waals surface area contributed by atoms with Crippen LogP contribution in [0.3, 0.4) is 0 Å². The van der Waals surface area contributed by atoms with Crippen LogP contribution in [0.1, 0.15) is 32.3 Å². The normalized spacial score (nSPS) is 17.7. The molecule has 1 atom stereocenters. The van der Waals surface area contributed by atoms with Crippen LogP contribution in [0.15, 0.2) is 24.3 Å². The Morgan fingerprint density at radius 1 is 1.22 bits per heavy atom. The number of hydrogen-bond donors (Lipinski definition) is 0. The molecular formula is C18H25NO4. The number of hydrogen-bond acceptors (Lipinski definition) is 4. The molecule has 0 radical (unpaired) electrons. The molecule has 1 aromatic carbocycles. The molecule has 0 aromatic heterocycles. The number of carbonyl (C=O) groups is 2. The van der Waals surface area contributed by atoms with Gasteiger partial charge in [-0.15, -0.1) is 0 Å². The molecule has 0 spiro atoms. The van der Waals surface area contributed by atoms with E-state index >= 15 is 0 Å². The second-order valence-corrected chi connectivity index (χ2v) is 5.72. The summed E-state index contributed by atoms with van der Waals surface area (Å²) in [5, 5.41) is 0. The average Bonchev–Trinajstić information content (AvgIpc) is 2.60. The molecule has 1 aliphatic rings. The fraction of sp³-hybridized carbons (Fsp3) is 0.556. The van der Waals surface area contributed by atoms with E-state index in [1.807, 2.05) is 24.3 Å². The molecule has 1 amide bonds. The number of nitrogens with zero attached hydrogens (tertiary/aromatic N) is 1. The molecule has 5 nitrogen and oxygen atoms in total. The highest BCUT2D eigenvalue weighted by molar-refractivity contribution is 5.79. The van der Waals surface area contributed by atoms with Crippen molar-refractivity contribution >= 4 is 11.9 Å². The quantitative estimate of drug-likeness (QED) is 0.756. The minimum Gasteiger partial charge on any atom is -0.484 e. The zero-order valence-electron chi connectivity index (χ0n) is 13.9. The van der Waals surface area contributed by atoms with Gasteiger partial charge in [-0.05, 0) is 43.9 Å². The molecule has 1 saturated heterocycles. The summed E-state index contributed by atoms with van der Waals surface area (Å²) in [6.07, 6.45) is 2.57. The molecule has 23 heavy (non-hydrogen) atoms. The third-order valence-corrected chi connectivity index (χ3v) is 4.09. The Kier molecular flexibility index (Phi) is 6.44. The van der Waals surface area contributed by atoms with Crippen molar-refractivity contribution in [2.45, 2.75) is 33.1 Å². The Balaban J connectivity index is 1.83. The van der Waals surface area contributed by atoms with Crippen LogP contribution < -0.4 is 4.74 Å². The third kappa shape index (κ3) is 4.98. The Labute approximate surface area is 137 Å². The Bertz CT molecular complexity index is 526. The van der Waals surface area contributed by atoms with Crippen LogP contribution in [-0.2, 0) is 20.7 Å².